The topological polar surface area (TPSA) is 89.7 Å². The van der Waals surface area contributed by atoms with Crippen molar-refractivity contribution in [2.45, 2.75) is 0 Å². The van der Waals surface area contributed by atoms with Gasteiger partial charge in [-0.25, -0.2) is 9.99 Å². The van der Waals surface area contributed by atoms with Crippen LogP contribution >= 0.6 is 12.2 Å². The van der Waals surface area contributed by atoms with Gasteiger partial charge in [-0.2, -0.15) is 0 Å². The van der Waals surface area contributed by atoms with Crippen molar-refractivity contribution in [3.8, 4) is 11.5 Å². The second-order valence-corrected chi connectivity index (χ2v) is 7.12. The van der Waals surface area contributed by atoms with Gasteiger partial charge in [-0.15, -0.1) is 0 Å². The molecule has 3 aromatic carbocycles. The van der Waals surface area contributed by atoms with E-state index in [0.717, 1.165) is 21.8 Å². The molecule has 3 N–H and O–H groups in total. The number of para-hydroxylation sites is 1. The molecule has 0 aliphatic heterocycles. The number of thiocarbonyl (C=S) groups is 1. The summed E-state index contributed by atoms with van der Waals surface area (Å²) in [6.45, 7) is 0. The van der Waals surface area contributed by atoms with E-state index in [9.17, 15) is 4.79 Å². The Balaban J connectivity index is 1.87. The first-order valence-corrected chi connectivity index (χ1v) is 9.83. The van der Waals surface area contributed by atoms with Gasteiger partial charge in [0.2, 0.25) is 0 Å². The fourth-order valence-corrected chi connectivity index (χ4v) is 3.48. The van der Waals surface area contributed by atoms with E-state index in [4.69, 9.17) is 32.4 Å². The first kappa shape index (κ1) is 20.4. The molecule has 156 valence electrons. The van der Waals surface area contributed by atoms with Gasteiger partial charge in [0.15, 0.2) is 5.11 Å². The highest BCUT2D eigenvalue weighted by molar-refractivity contribution is 7.80. The number of carbonyl (C=O) groups excluding carboxylic acids is 1. The number of methoxy groups -OCH3 is 2. The Morgan fingerprint density at radius 2 is 1.58 bits per heavy atom. The fraction of sp³-hybridized carbons (Fsp3) is 0.0870. The minimum absolute atomic E-state index is 0.0117. The summed E-state index contributed by atoms with van der Waals surface area (Å²) in [5, 5.41) is 2.92. The number of anilines is 1. The van der Waals surface area contributed by atoms with Gasteiger partial charge in [-0.3, -0.25) is 10.2 Å². The number of nitrogens with one attached hydrogen (secondary N) is 1. The number of fused-ring (bicyclic) bond motifs is 2. The third-order valence-corrected chi connectivity index (χ3v) is 5.05. The van der Waals surface area contributed by atoms with Crippen LogP contribution in [-0.4, -0.2) is 30.2 Å². The molecule has 0 unspecified atom stereocenters. The number of ether oxygens (including phenoxy) is 2. The van der Waals surface area contributed by atoms with Crippen molar-refractivity contribution >= 4 is 50.7 Å². The predicted molar refractivity (Wildman–Crippen MR) is 126 cm³/mol. The van der Waals surface area contributed by atoms with Crippen LogP contribution in [0, 0.1) is 0 Å². The molecule has 1 aromatic heterocycles. The average molecular weight is 433 g/mol. The third-order valence-electron chi connectivity index (χ3n) is 4.87. The van der Waals surface area contributed by atoms with E-state index in [0.29, 0.717) is 22.7 Å². The summed E-state index contributed by atoms with van der Waals surface area (Å²) in [5.74, 6) is 0.934. The Morgan fingerprint density at radius 3 is 2.26 bits per heavy atom. The largest absolute Gasteiger partial charge is 0.497 e. The minimum Gasteiger partial charge on any atom is -0.497 e. The standard InChI is InChI=1S/C23H20N4O3S/c1-29-15-9-7-14(8-10-15)22(28)26-27(23(24)31)21-17-5-3-4-6-19(17)25-20-12-11-16(30-2)13-18(20)21/h3-13H,1-2H3,(H2,24,31)(H,26,28). The SMILES string of the molecule is COc1ccc(C(=O)NN(C(N)=S)c2c3ccccc3nc3ccc(OC)cc23)cc1. The zero-order valence-electron chi connectivity index (χ0n) is 17.0. The predicted octanol–water partition coefficient (Wildman–Crippen LogP) is 3.80. The van der Waals surface area contributed by atoms with Gasteiger partial charge in [-0.05, 0) is 60.7 Å². The first-order valence-electron chi connectivity index (χ1n) is 9.43. The number of nitrogens with zero attached hydrogens (tertiary/aromatic N) is 2. The van der Waals surface area contributed by atoms with Crippen LogP contribution in [0.2, 0.25) is 0 Å². The molecule has 0 saturated heterocycles. The van der Waals surface area contributed by atoms with Crippen LogP contribution in [0.1, 0.15) is 10.4 Å². The Hall–Kier alpha value is -3.91. The number of hydrazine groups is 1. The Kier molecular flexibility index (Phi) is 5.55. The Bertz CT molecular complexity index is 1290. The lowest BCUT2D eigenvalue weighted by molar-refractivity contribution is 0.0955. The van der Waals surface area contributed by atoms with E-state index in [1.54, 1.807) is 38.5 Å². The van der Waals surface area contributed by atoms with Gasteiger partial charge in [0.1, 0.15) is 11.5 Å². The van der Waals surface area contributed by atoms with Crippen molar-refractivity contribution in [1.82, 2.24) is 10.4 Å². The molecule has 0 aliphatic carbocycles. The molecule has 0 aliphatic rings. The van der Waals surface area contributed by atoms with E-state index in [-0.39, 0.29) is 11.0 Å². The van der Waals surface area contributed by atoms with E-state index in [1.807, 2.05) is 42.5 Å². The number of hydrogen-bond donors (Lipinski definition) is 2. The molecule has 7 nitrogen and oxygen atoms in total. The van der Waals surface area contributed by atoms with E-state index < -0.39 is 0 Å². The second kappa shape index (κ2) is 8.45. The maximum absolute atomic E-state index is 13.0. The Morgan fingerprint density at radius 1 is 0.935 bits per heavy atom. The van der Waals surface area contributed by atoms with Crippen LogP contribution in [0.3, 0.4) is 0 Å². The molecule has 4 rings (SSSR count). The summed E-state index contributed by atoms with van der Waals surface area (Å²) in [4.78, 5) is 17.7. The molecule has 0 spiro atoms. The lowest BCUT2D eigenvalue weighted by atomic mass is 10.1. The van der Waals surface area contributed by atoms with Gasteiger partial charge < -0.3 is 15.2 Å². The minimum atomic E-state index is -0.368. The van der Waals surface area contributed by atoms with Gasteiger partial charge in [0.25, 0.3) is 5.91 Å². The van der Waals surface area contributed by atoms with Gasteiger partial charge >= 0.3 is 0 Å². The molecule has 8 heteroatoms. The van der Waals surface area contributed by atoms with Crippen molar-refractivity contribution in [2.75, 3.05) is 19.2 Å². The zero-order chi connectivity index (χ0) is 22.0. The average Bonchev–Trinajstić information content (AvgIpc) is 2.80. The van der Waals surface area contributed by atoms with Gasteiger partial charge in [0.05, 0.1) is 30.9 Å². The van der Waals surface area contributed by atoms with Crippen molar-refractivity contribution in [2.24, 2.45) is 5.73 Å². The number of hydrogen-bond acceptors (Lipinski definition) is 5. The molecule has 4 aromatic rings. The maximum atomic E-state index is 13.0. The van der Waals surface area contributed by atoms with Gasteiger partial charge in [0, 0.05) is 16.3 Å². The van der Waals surface area contributed by atoms with E-state index in [2.05, 4.69) is 5.43 Å². The summed E-state index contributed by atoms with van der Waals surface area (Å²) >= 11 is 5.31. The highest BCUT2D eigenvalue weighted by atomic mass is 32.1. The smallest absolute Gasteiger partial charge is 0.270 e. The molecular weight excluding hydrogens is 412 g/mol. The number of nitrogens with two attached hydrogens (primary N) is 1. The molecule has 0 fully saturated rings. The Labute approximate surface area is 184 Å². The lowest BCUT2D eigenvalue weighted by Crippen LogP contribution is -2.49. The number of aromatic nitrogens is 1. The van der Waals surface area contributed by atoms with Crippen LogP contribution in [0.25, 0.3) is 21.8 Å². The van der Waals surface area contributed by atoms with Gasteiger partial charge in [-0.1, -0.05) is 18.2 Å². The number of pyridine rings is 1. The third kappa shape index (κ3) is 3.93. The molecule has 1 heterocycles. The second-order valence-electron chi connectivity index (χ2n) is 6.70. The molecule has 0 saturated carbocycles. The maximum Gasteiger partial charge on any atom is 0.270 e. The van der Waals surface area contributed by atoms with Crippen LogP contribution in [0.5, 0.6) is 11.5 Å². The summed E-state index contributed by atoms with van der Waals surface area (Å²) in [5.41, 5.74) is 11.4. The molecule has 0 bridgehead atoms. The first-order chi connectivity index (χ1) is 15.0. The monoisotopic (exact) mass is 432 g/mol. The normalized spacial score (nSPS) is 10.6. The lowest BCUT2D eigenvalue weighted by Gasteiger charge is -2.26. The summed E-state index contributed by atoms with van der Waals surface area (Å²) < 4.78 is 10.5. The molecule has 31 heavy (non-hydrogen) atoms. The van der Waals surface area contributed by atoms with Crippen molar-refractivity contribution < 1.29 is 14.3 Å². The summed E-state index contributed by atoms with van der Waals surface area (Å²) in [6.07, 6.45) is 0. The molecule has 0 radical (unpaired) electrons. The zero-order valence-corrected chi connectivity index (χ0v) is 17.8. The summed E-state index contributed by atoms with van der Waals surface area (Å²) in [7, 11) is 3.16. The number of benzene rings is 3. The fourth-order valence-electron chi connectivity index (χ4n) is 3.35. The van der Waals surface area contributed by atoms with Crippen LogP contribution in [0.4, 0.5) is 5.69 Å². The van der Waals surface area contributed by atoms with E-state index >= 15 is 0 Å². The van der Waals surface area contributed by atoms with Crippen LogP contribution in [-0.2, 0) is 0 Å². The number of rotatable bonds is 4. The van der Waals surface area contributed by atoms with Crippen molar-refractivity contribution in [3.05, 3.63) is 72.3 Å². The molecular formula is C23H20N4O3S. The van der Waals surface area contributed by atoms with Crippen LogP contribution in [0.15, 0.2) is 66.7 Å². The molecule has 0 atom stereocenters. The number of carbonyl (C=O) groups is 1. The van der Waals surface area contributed by atoms with Crippen molar-refractivity contribution in [1.29, 1.82) is 0 Å². The number of amides is 1. The molecule has 1 amide bonds. The van der Waals surface area contributed by atoms with Crippen LogP contribution < -0.4 is 25.6 Å². The highest BCUT2D eigenvalue weighted by Gasteiger charge is 2.21. The van der Waals surface area contributed by atoms with E-state index in [1.165, 1.54) is 5.01 Å². The highest BCUT2D eigenvalue weighted by Crippen LogP contribution is 2.35. The quantitative estimate of drug-likeness (QED) is 0.288. The summed E-state index contributed by atoms with van der Waals surface area (Å²) in [6, 6.07) is 19.9. The van der Waals surface area contributed by atoms with Crippen molar-refractivity contribution in [3.63, 3.8) is 0 Å².